The van der Waals surface area contributed by atoms with E-state index in [1.807, 2.05) is 11.0 Å². The Hall–Kier alpha value is -2.54. The summed E-state index contributed by atoms with van der Waals surface area (Å²) in [6.45, 7) is 4.04. The maximum atomic E-state index is 13.1. The van der Waals surface area contributed by atoms with Gasteiger partial charge in [0, 0.05) is 36.6 Å². The van der Waals surface area contributed by atoms with Crippen LogP contribution in [0.2, 0.25) is 0 Å². The highest BCUT2D eigenvalue weighted by Crippen LogP contribution is 2.30. The lowest BCUT2D eigenvalue weighted by Crippen LogP contribution is -2.42. The molecule has 0 bridgehead atoms. The number of carbonyl (C=O) groups excluding carboxylic acids is 1. The van der Waals surface area contributed by atoms with Gasteiger partial charge in [0.2, 0.25) is 5.91 Å². The van der Waals surface area contributed by atoms with Crippen LogP contribution in [0.15, 0.2) is 24.3 Å². The van der Waals surface area contributed by atoms with Crippen molar-refractivity contribution in [1.82, 2.24) is 24.9 Å². The molecule has 2 aromatic heterocycles. The lowest BCUT2D eigenvalue weighted by atomic mass is 9.84. The molecule has 1 aliphatic carbocycles. The summed E-state index contributed by atoms with van der Waals surface area (Å²) in [5.41, 5.74) is 3.86. The van der Waals surface area contributed by atoms with Crippen molar-refractivity contribution in [2.75, 3.05) is 13.2 Å². The molecule has 28 heavy (non-hydrogen) atoms. The zero-order valence-corrected chi connectivity index (χ0v) is 16.2. The third kappa shape index (κ3) is 3.13. The molecule has 7 nitrogen and oxygen atoms in total. The third-order valence-electron chi connectivity index (χ3n) is 6.07. The highest BCUT2D eigenvalue weighted by Gasteiger charge is 2.32. The van der Waals surface area contributed by atoms with Gasteiger partial charge in [-0.3, -0.25) is 4.79 Å². The Labute approximate surface area is 163 Å². The SMILES string of the molecule is Cc1ccc2c(c1)cc(CN(C[C@@H]1CCCO1)C(=O)C1CCC1)c1nnnn12. The van der Waals surface area contributed by atoms with Crippen LogP contribution in [0, 0.1) is 12.8 Å². The number of nitrogens with zero attached hydrogens (tertiary/aromatic N) is 5. The molecule has 1 amide bonds. The standard InChI is InChI=1S/C21H25N5O2/c1-14-7-8-19-16(10-14)11-17(20-22-23-24-26(19)20)12-25(13-18-6-3-9-28-18)21(27)15-4-2-5-15/h7-8,10-11,15,18H,2-6,9,12-13H2,1H3/t18-/m0/s1. The Bertz CT molecular complexity index is 1020. The second-order valence-electron chi connectivity index (χ2n) is 8.13. The molecule has 1 atom stereocenters. The maximum absolute atomic E-state index is 13.1. The number of hydrogen-bond donors (Lipinski definition) is 0. The second kappa shape index (κ2) is 7.13. The number of hydrogen-bond acceptors (Lipinski definition) is 5. The molecule has 0 N–H and O–H groups in total. The van der Waals surface area contributed by atoms with Gasteiger partial charge in [-0.15, -0.1) is 5.10 Å². The number of pyridine rings is 1. The van der Waals surface area contributed by atoms with E-state index < -0.39 is 0 Å². The van der Waals surface area contributed by atoms with E-state index >= 15 is 0 Å². The van der Waals surface area contributed by atoms with Crippen LogP contribution < -0.4 is 0 Å². The predicted molar refractivity (Wildman–Crippen MR) is 105 cm³/mol. The molecule has 7 heteroatoms. The van der Waals surface area contributed by atoms with Gasteiger partial charge in [0.1, 0.15) is 0 Å². The summed E-state index contributed by atoms with van der Waals surface area (Å²) in [4.78, 5) is 15.1. The Morgan fingerprint density at radius 3 is 2.89 bits per heavy atom. The molecule has 2 fully saturated rings. The van der Waals surface area contributed by atoms with Crippen molar-refractivity contribution in [3.8, 4) is 0 Å². The first kappa shape index (κ1) is 17.6. The first-order valence-electron chi connectivity index (χ1n) is 10.2. The van der Waals surface area contributed by atoms with E-state index in [2.05, 4.69) is 40.6 Å². The van der Waals surface area contributed by atoms with Gasteiger partial charge >= 0.3 is 0 Å². The zero-order valence-electron chi connectivity index (χ0n) is 16.2. The number of aryl methyl sites for hydroxylation is 1. The van der Waals surface area contributed by atoms with Crippen LogP contribution in [-0.2, 0) is 16.1 Å². The van der Waals surface area contributed by atoms with Gasteiger partial charge in [-0.1, -0.05) is 18.1 Å². The fourth-order valence-electron chi connectivity index (χ4n) is 4.29. The minimum atomic E-state index is 0.138. The van der Waals surface area contributed by atoms with Gasteiger partial charge in [0.25, 0.3) is 0 Å². The molecular formula is C21H25N5O2. The Morgan fingerprint density at radius 1 is 1.25 bits per heavy atom. The Morgan fingerprint density at radius 2 is 2.14 bits per heavy atom. The number of fused-ring (bicyclic) bond motifs is 3. The minimum absolute atomic E-state index is 0.138. The van der Waals surface area contributed by atoms with Crippen molar-refractivity contribution in [2.24, 2.45) is 5.92 Å². The molecule has 1 aromatic carbocycles. The first-order valence-corrected chi connectivity index (χ1v) is 10.2. The predicted octanol–water partition coefficient (Wildman–Crippen LogP) is 2.89. The Balaban J connectivity index is 1.52. The highest BCUT2D eigenvalue weighted by molar-refractivity contribution is 5.84. The number of benzene rings is 1. The fraction of sp³-hybridized carbons (Fsp3) is 0.524. The topological polar surface area (TPSA) is 72.6 Å². The summed E-state index contributed by atoms with van der Waals surface area (Å²) in [6, 6.07) is 8.37. The van der Waals surface area contributed by atoms with E-state index in [1.165, 1.54) is 5.56 Å². The van der Waals surface area contributed by atoms with Crippen LogP contribution in [0.3, 0.4) is 0 Å². The van der Waals surface area contributed by atoms with E-state index in [0.29, 0.717) is 13.1 Å². The largest absolute Gasteiger partial charge is 0.376 e. The van der Waals surface area contributed by atoms with Crippen LogP contribution in [0.1, 0.15) is 43.2 Å². The molecule has 2 aliphatic rings. The number of amides is 1. The molecule has 146 valence electrons. The number of ether oxygens (including phenoxy) is 1. The van der Waals surface area contributed by atoms with Gasteiger partial charge in [0.15, 0.2) is 5.65 Å². The third-order valence-corrected chi connectivity index (χ3v) is 6.07. The normalized spacial score (nSPS) is 20.0. The van der Waals surface area contributed by atoms with Crippen molar-refractivity contribution < 1.29 is 9.53 Å². The summed E-state index contributed by atoms with van der Waals surface area (Å²) in [5, 5.41) is 13.4. The smallest absolute Gasteiger partial charge is 0.226 e. The summed E-state index contributed by atoms with van der Waals surface area (Å²) < 4.78 is 7.60. The summed E-state index contributed by atoms with van der Waals surface area (Å²) in [7, 11) is 0. The van der Waals surface area contributed by atoms with Crippen LogP contribution in [0.4, 0.5) is 0 Å². The van der Waals surface area contributed by atoms with Gasteiger partial charge in [0.05, 0.1) is 11.6 Å². The number of carbonyl (C=O) groups is 1. The van der Waals surface area contributed by atoms with Crippen molar-refractivity contribution in [3.05, 3.63) is 35.4 Å². The average Bonchev–Trinajstić information content (AvgIpc) is 3.31. The Kier molecular flexibility index (Phi) is 4.47. The monoisotopic (exact) mass is 379 g/mol. The molecule has 1 saturated carbocycles. The molecule has 1 saturated heterocycles. The zero-order chi connectivity index (χ0) is 19.1. The average molecular weight is 379 g/mol. The maximum Gasteiger partial charge on any atom is 0.226 e. The lowest BCUT2D eigenvalue weighted by molar-refractivity contribution is -0.140. The summed E-state index contributed by atoms with van der Waals surface area (Å²) in [5.74, 6) is 0.410. The van der Waals surface area contributed by atoms with Crippen molar-refractivity contribution in [3.63, 3.8) is 0 Å². The van der Waals surface area contributed by atoms with E-state index in [0.717, 1.165) is 60.8 Å². The van der Waals surface area contributed by atoms with Crippen molar-refractivity contribution in [2.45, 2.75) is 51.7 Å². The molecule has 1 aliphatic heterocycles. The molecule has 0 radical (unpaired) electrons. The highest BCUT2D eigenvalue weighted by atomic mass is 16.5. The van der Waals surface area contributed by atoms with Crippen LogP contribution in [-0.4, -0.2) is 50.1 Å². The van der Waals surface area contributed by atoms with Crippen molar-refractivity contribution in [1.29, 1.82) is 0 Å². The van der Waals surface area contributed by atoms with E-state index in [-0.39, 0.29) is 17.9 Å². The second-order valence-corrected chi connectivity index (χ2v) is 8.13. The molecule has 0 unspecified atom stereocenters. The van der Waals surface area contributed by atoms with E-state index in [4.69, 9.17) is 4.74 Å². The molecule has 0 spiro atoms. The fourth-order valence-corrected chi connectivity index (χ4v) is 4.29. The molecular weight excluding hydrogens is 354 g/mol. The van der Waals surface area contributed by atoms with Gasteiger partial charge < -0.3 is 9.64 Å². The van der Waals surface area contributed by atoms with Crippen LogP contribution in [0.5, 0.6) is 0 Å². The van der Waals surface area contributed by atoms with Crippen LogP contribution >= 0.6 is 0 Å². The van der Waals surface area contributed by atoms with Gasteiger partial charge in [-0.2, -0.15) is 4.52 Å². The van der Waals surface area contributed by atoms with Crippen molar-refractivity contribution >= 4 is 22.5 Å². The van der Waals surface area contributed by atoms with Crippen LogP contribution in [0.25, 0.3) is 16.6 Å². The number of aromatic nitrogens is 4. The lowest BCUT2D eigenvalue weighted by Gasteiger charge is -2.33. The van der Waals surface area contributed by atoms with Gasteiger partial charge in [-0.05, 0) is 61.2 Å². The number of tetrazole rings is 1. The molecule has 5 rings (SSSR count). The minimum Gasteiger partial charge on any atom is -0.376 e. The van der Waals surface area contributed by atoms with E-state index in [1.54, 1.807) is 4.52 Å². The molecule has 3 heterocycles. The number of rotatable bonds is 5. The summed E-state index contributed by atoms with van der Waals surface area (Å²) >= 11 is 0. The first-order chi connectivity index (χ1) is 13.7. The quantitative estimate of drug-likeness (QED) is 0.682. The van der Waals surface area contributed by atoms with Gasteiger partial charge in [-0.25, -0.2) is 0 Å². The van der Waals surface area contributed by atoms with E-state index in [9.17, 15) is 4.79 Å². The molecule has 3 aromatic rings. The summed E-state index contributed by atoms with van der Waals surface area (Å²) in [6.07, 6.45) is 5.38.